The highest BCUT2D eigenvalue weighted by molar-refractivity contribution is 14.1. The average molecular weight is 314 g/mol. The van der Waals surface area contributed by atoms with Gasteiger partial charge in [0.25, 0.3) is 6.43 Å². The van der Waals surface area contributed by atoms with E-state index in [1.54, 1.807) is 22.6 Å². The predicted octanol–water partition coefficient (Wildman–Crippen LogP) is 1.90. The van der Waals surface area contributed by atoms with Crippen LogP contribution in [0.15, 0.2) is 6.07 Å². The van der Waals surface area contributed by atoms with Crippen molar-refractivity contribution in [1.82, 2.24) is 4.98 Å². The molecule has 0 aliphatic carbocycles. The molecule has 0 atom stereocenters. The minimum atomic E-state index is -2.87. The van der Waals surface area contributed by atoms with Crippen LogP contribution < -0.4 is 5.73 Å². The van der Waals surface area contributed by atoms with Crippen LogP contribution in [0.3, 0.4) is 0 Å². The molecule has 0 amide bonds. The van der Waals surface area contributed by atoms with E-state index in [2.05, 4.69) is 4.98 Å². The maximum absolute atomic E-state index is 12.3. The average Bonchev–Trinajstić information content (AvgIpc) is 2.07. The molecule has 4 nitrogen and oxygen atoms in total. The molecule has 1 aromatic rings. The van der Waals surface area contributed by atoms with Gasteiger partial charge in [-0.1, -0.05) is 0 Å². The second-order valence-corrected chi connectivity index (χ2v) is 3.50. The van der Waals surface area contributed by atoms with Crippen LogP contribution in [-0.2, 0) is 0 Å². The van der Waals surface area contributed by atoms with Gasteiger partial charge in [0.1, 0.15) is 9.39 Å². The minimum Gasteiger partial charge on any atom is -0.478 e. The van der Waals surface area contributed by atoms with E-state index in [1.807, 2.05) is 0 Å². The summed E-state index contributed by atoms with van der Waals surface area (Å²) in [6.07, 6.45) is -2.87. The van der Waals surface area contributed by atoms with E-state index < -0.39 is 23.8 Å². The summed E-state index contributed by atoms with van der Waals surface area (Å²) in [5.41, 5.74) is 3.72. The van der Waals surface area contributed by atoms with Crippen molar-refractivity contribution in [2.24, 2.45) is 0 Å². The lowest BCUT2D eigenvalue weighted by Gasteiger charge is -2.07. The van der Waals surface area contributed by atoms with Crippen molar-refractivity contribution in [3.63, 3.8) is 0 Å². The number of halogens is 3. The van der Waals surface area contributed by atoms with E-state index in [0.29, 0.717) is 0 Å². The molecule has 1 rings (SSSR count). The van der Waals surface area contributed by atoms with Crippen molar-refractivity contribution in [2.75, 3.05) is 5.73 Å². The Kier molecular flexibility index (Phi) is 3.19. The van der Waals surface area contributed by atoms with Gasteiger partial charge in [-0.15, -0.1) is 0 Å². The summed E-state index contributed by atoms with van der Waals surface area (Å²) in [7, 11) is 0. The maximum atomic E-state index is 12.3. The van der Waals surface area contributed by atoms with Crippen LogP contribution in [0.5, 0.6) is 0 Å². The van der Waals surface area contributed by atoms with Crippen LogP contribution in [0.25, 0.3) is 0 Å². The van der Waals surface area contributed by atoms with Crippen LogP contribution in [0.2, 0.25) is 0 Å². The Bertz CT molecular complexity index is 384. The number of aromatic nitrogens is 1. The van der Waals surface area contributed by atoms with E-state index in [0.717, 1.165) is 6.07 Å². The number of aromatic carboxylic acids is 1. The van der Waals surface area contributed by atoms with Crippen molar-refractivity contribution in [3.8, 4) is 0 Å². The Morgan fingerprint density at radius 1 is 1.64 bits per heavy atom. The van der Waals surface area contributed by atoms with Gasteiger partial charge < -0.3 is 10.8 Å². The van der Waals surface area contributed by atoms with E-state index in [4.69, 9.17) is 10.8 Å². The Hall–Kier alpha value is -0.990. The van der Waals surface area contributed by atoms with E-state index in [-0.39, 0.29) is 9.26 Å². The first-order valence-electron chi connectivity index (χ1n) is 3.41. The summed E-state index contributed by atoms with van der Waals surface area (Å²) in [4.78, 5) is 14.1. The van der Waals surface area contributed by atoms with Crippen LogP contribution in [0, 0.1) is 3.70 Å². The molecule has 0 saturated carbocycles. The van der Waals surface area contributed by atoms with Gasteiger partial charge >= 0.3 is 5.97 Å². The molecule has 0 unspecified atom stereocenters. The molecule has 0 saturated heterocycles. The lowest BCUT2D eigenvalue weighted by Crippen LogP contribution is -2.09. The van der Waals surface area contributed by atoms with Crippen molar-refractivity contribution in [2.45, 2.75) is 6.43 Å². The third-order valence-electron chi connectivity index (χ3n) is 1.49. The number of hydrogen-bond acceptors (Lipinski definition) is 3. The van der Waals surface area contributed by atoms with Gasteiger partial charge in [-0.2, -0.15) is 0 Å². The lowest BCUT2D eigenvalue weighted by atomic mass is 10.2. The number of nitrogens with zero attached hydrogens (tertiary/aromatic N) is 1. The molecular formula is C7H5F2IN2O2. The first-order valence-corrected chi connectivity index (χ1v) is 4.48. The van der Waals surface area contributed by atoms with Gasteiger partial charge in [0.05, 0.1) is 11.3 Å². The fraction of sp³-hybridized carbons (Fsp3) is 0.143. The molecule has 76 valence electrons. The highest BCUT2D eigenvalue weighted by Crippen LogP contribution is 2.26. The van der Waals surface area contributed by atoms with Crippen molar-refractivity contribution >= 4 is 34.2 Å². The zero-order valence-electron chi connectivity index (χ0n) is 6.67. The van der Waals surface area contributed by atoms with Crippen LogP contribution >= 0.6 is 22.6 Å². The molecule has 1 aromatic heterocycles. The SMILES string of the molecule is Nc1c(C(=O)O)cc(I)nc1C(F)F. The van der Waals surface area contributed by atoms with Gasteiger partial charge in [0, 0.05) is 0 Å². The van der Waals surface area contributed by atoms with E-state index >= 15 is 0 Å². The van der Waals surface area contributed by atoms with Crippen molar-refractivity contribution < 1.29 is 18.7 Å². The summed E-state index contributed by atoms with van der Waals surface area (Å²) in [6.45, 7) is 0. The Morgan fingerprint density at radius 3 is 2.64 bits per heavy atom. The largest absolute Gasteiger partial charge is 0.478 e. The van der Waals surface area contributed by atoms with Crippen LogP contribution in [-0.4, -0.2) is 16.1 Å². The Morgan fingerprint density at radius 2 is 2.21 bits per heavy atom. The van der Waals surface area contributed by atoms with Gasteiger partial charge in [-0.05, 0) is 28.7 Å². The fourth-order valence-corrected chi connectivity index (χ4v) is 1.46. The van der Waals surface area contributed by atoms with Crippen molar-refractivity contribution in [3.05, 3.63) is 21.0 Å². The molecule has 0 bridgehead atoms. The van der Waals surface area contributed by atoms with Crippen LogP contribution in [0.4, 0.5) is 14.5 Å². The molecule has 0 aliphatic heterocycles. The summed E-state index contributed by atoms with van der Waals surface area (Å²) >= 11 is 1.65. The summed E-state index contributed by atoms with van der Waals surface area (Å²) in [5, 5.41) is 8.64. The minimum absolute atomic E-state index is 0.171. The third kappa shape index (κ3) is 2.08. The molecular weight excluding hydrogens is 309 g/mol. The maximum Gasteiger partial charge on any atom is 0.337 e. The predicted molar refractivity (Wildman–Crippen MR) is 53.3 cm³/mol. The van der Waals surface area contributed by atoms with E-state index in [1.165, 1.54) is 0 Å². The second-order valence-electron chi connectivity index (χ2n) is 2.40. The number of anilines is 1. The van der Waals surface area contributed by atoms with E-state index in [9.17, 15) is 13.6 Å². The standard InChI is InChI=1S/C7H5F2IN2O2/c8-6(9)5-4(11)2(7(13)14)1-3(10)12-5/h1,6H,11H2,(H,13,14). The molecule has 1 heterocycles. The number of rotatable bonds is 2. The smallest absolute Gasteiger partial charge is 0.337 e. The quantitative estimate of drug-likeness (QED) is 0.646. The zero-order valence-corrected chi connectivity index (χ0v) is 8.83. The molecule has 0 spiro atoms. The summed E-state index contributed by atoms with van der Waals surface area (Å²) in [5.74, 6) is -1.34. The molecule has 7 heteroatoms. The van der Waals surface area contributed by atoms with Gasteiger partial charge in [-0.25, -0.2) is 18.6 Å². The first kappa shape index (κ1) is 11.1. The number of carboxylic acids is 1. The summed E-state index contributed by atoms with van der Waals surface area (Å²) in [6, 6.07) is 1.14. The molecule has 0 aliphatic rings. The number of nitrogen functional groups attached to an aromatic ring is 1. The highest BCUT2D eigenvalue weighted by atomic mass is 127. The first-order chi connectivity index (χ1) is 6.43. The lowest BCUT2D eigenvalue weighted by molar-refractivity contribution is 0.0697. The molecule has 0 aromatic carbocycles. The molecule has 3 N–H and O–H groups in total. The number of nitrogens with two attached hydrogens (primary N) is 1. The fourth-order valence-electron chi connectivity index (χ4n) is 0.886. The topological polar surface area (TPSA) is 76.2 Å². The second kappa shape index (κ2) is 4.03. The normalized spacial score (nSPS) is 10.6. The van der Waals surface area contributed by atoms with Crippen LogP contribution in [0.1, 0.15) is 22.5 Å². The Labute approximate surface area is 91.3 Å². The monoisotopic (exact) mass is 314 g/mol. The number of carboxylic acid groups (broad SMARTS) is 1. The number of hydrogen-bond donors (Lipinski definition) is 2. The number of pyridine rings is 1. The molecule has 0 radical (unpaired) electrons. The highest BCUT2D eigenvalue weighted by Gasteiger charge is 2.20. The van der Waals surface area contributed by atoms with Crippen molar-refractivity contribution in [1.29, 1.82) is 0 Å². The van der Waals surface area contributed by atoms with Gasteiger partial charge in [0.2, 0.25) is 0 Å². The third-order valence-corrected chi connectivity index (χ3v) is 2.05. The number of alkyl halides is 2. The van der Waals surface area contributed by atoms with Gasteiger partial charge in [0.15, 0.2) is 0 Å². The molecule has 14 heavy (non-hydrogen) atoms. The number of carbonyl (C=O) groups is 1. The summed E-state index contributed by atoms with van der Waals surface area (Å²) < 4.78 is 24.8. The molecule has 0 fully saturated rings. The van der Waals surface area contributed by atoms with Gasteiger partial charge in [-0.3, -0.25) is 0 Å². The Balaban J connectivity index is 3.40. The zero-order chi connectivity index (χ0) is 10.9.